The molecule has 0 aromatic carbocycles. The van der Waals surface area contributed by atoms with E-state index < -0.39 is 59.9 Å². The Kier molecular flexibility index (Phi) is 10.9. The largest absolute Gasteiger partial charge is 0.478 e. The van der Waals surface area contributed by atoms with Gasteiger partial charge in [-0.15, -0.1) is 0 Å². The Balaban J connectivity index is 3.11. The zero-order chi connectivity index (χ0) is 25.8. The van der Waals surface area contributed by atoms with Gasteiger partial charge in [-0.2, -0.15) is 0 Å². The lowest BCUT2D eigenvalue weighted by Gasteiger charge is -2.25. The maximum Gasteiger partial charge on any atom is 0.327 e. The maximum absolute atomic E-state index is 13.6. The summed E-state index contributed by atoms with van der Waals surface area (Å²) in [5, 5.41) is 2.71. The van der Waals surface area contributed by atoms with Crippen LogP contribution in [0.15, 0.2) is 59.8 Å². The van der Waals surface area contributed by atoms with Crippen LogP contribution in [-0.4, -0.2) is 53.5 Å². The van der Waals surface area contributed by atoms with Gasteiger partial charge in [-0.3, -0.25) is 29.4 Å². The van der Waals surface area contributed by atoms with E-state index in [9.17, 15) is 32.8 Å². The molecule has 0 spiro atoms. The van der Waals surface area contributed by atoms with Crippen molar-refractivity contribution in [2.45, 2.75) is 19.9 Å². The molecule has 11 nitrogen and oxygen atoms in total. The quantitative estimate of drug-likeness (QED) is 0.151. The fourth-order valence-corrected chi connectivity index (χ4v) is 2.45. The number of esters is 1. The maximum atomic E-state index is 13.6. The van der Waals surface area contributed by atoms with Crippen molar-refractivity contribution in [3.8, 4) is 0 Å². The van der Waals surface area contributed by atoms with E-state index in [0.717, 1.165) is 4.57 Å². The molecule has 3 amide bonds. The highest BCUT2D eigenvalue weighted by Gasteiger charge is 2.25. The molecule has 1 aromatic rings. The number of ether oxygens (including phenoxy) is 2. The van der Waals surface area contributed by atoms with Crippen molar-refractivity contribution in [2.24, 2.45) is 0 Å². The Morgan fingerprint density at radius 1 is 1.29 bits per heavy atom. The third-order valence-corrected chi connectivity index (χ3v) is 4.11. The SMILES string of the molecule is C=C/C(F)=C(/OCC(=O)N(CC(=O)OCC)NC(=O)C(C)n1cccc(NC=O)c1=O)C(=C)F. The fourth-order valence-electron chi connectivity index (χ4n) is 2.45. The summed E-state index contributed by atoms with van der Waals surface area (Å²) >= 11 is 0. The molecule has 0 aliphatic heterocycles. The predicted octanol–water partition coefficient (Wildman–Crippen LogP) is 1.27. The van der Waals surface area contributed by atoms with Crippen molar-refractivity contribution < 1.29 is 37.4 Å². The minimum absolute atomic E-state index is 0.0211. The van der Waals surface area contributed by atoms with Gasteiger partial charge in [-0.05, 0) is 32.1 Å². The van der Waals surface area contributed by atoms with E-state index >= 15 is 0 Å². The van der Waals surface area contributed by atoms with E-state index in [-0.39, 0.29) is 18.7 Å². The first-order valence-electron chi connectivity index (χ1n) is 9.74. The molecule has 0 saturated heterocycles. The Bertz CT molecular complexity index is 1050. The molecule has 0 aliphatic rings. The lowest BCUT2D eigenvalue weighted by molar-refractivity contribution is -0.155. The number of anilines is 1. The van der Waals surface area contributed by atoms with Crippen molar-refractivity contribution in [2.75, 3.05) is 25.1 Å². The summed E-state index contributed by atoms with van der Waals surface area (Å²) in [6.45, 7) is 7.05. The van der Waals surface area contributed by atoms with Gasteiger partial charge in [0.1, 0.15) is 18.3 Å². The van der Waals surface area contributed by atoms with Crippen LogP contribution in [0.25, 0.3) is 0 Å². The molecule has 1 atom stereocenters. The smallest absolute Gasteiger partial charge is 0.327 e. The number of nitrogens with zero attached hydrogens (tertiary/aromatic N) is 2. The Hall–Kier alpha value is -4.29. The number of carbonyl (C=O) groups is 4. The van der Waals surface area contributed by atoms with E-state index in [1.165, 1.54) is 32.2 Å². The summed E-state index contributed by atoms with van der Waals surface area (Å²) in [5.41, 5.74) is 1.34. The first-order chi connectivity index (χ1) is 16.1. The molecule has 2 N–H and O–H groups in total. The molecule has 0 aliphatic carbocycles. The Morgan fingerprint density at radius 3 is 2.53 bits per heavy atom. The number of halogens is 2. The second-order valence-electron chi connectivity index (χ2n) is 6.41. The summed E-state index contributed by atoms with van der Waals surface area (Å²) < 4.78 is 37.6. The van der Waals surface area contributed by atoms with Crippen LogP contribution in [0.2, 0.25) is 0 Å². The van der Waals surface area contributed by atoms with Crippen LogP contribution in [0.4, 0.5) is 14.5 Å². The van der Waals surface area contributed by atoms with E-state index in [4.69, 9.17) is 9.47 Å². The highest BCUT2D eigenvalue weighted by atomic mass is 19.1. The molecule has 13 heteroatoms. The number of pyridine rings is 1. The van der Waals surface area contributed by atoms with Gasteiger partial charge >= 0.3 is 5.97 Å². The number of allylic oxidation sites excluding steroid dienone is 3. The third-order valence-electron chi connectivity index (χ3n) is 4.11. The monoisotopic (exact) mass is 482 g/mol. The molecule has 0 fully saturated rings. The Labute approximate surface area is 193 Å². The highest BCUT2D eigenvalue weighted by molar-refractivity contribution is 5.87. The minimum Gasteiger partial charge on any atom is -0.478 e. The number of amides is 3. The molecule has 1 rings (SSSR count). The molecule has 0 bridgehead atoms. The van der Waals surface area contributed by atoms with Crippen LogP contribution in [-0.2, 0) is 28.7 Å². The van der Waals surface area contributed by atoms with E-state index in [2.05, 4.69) is 23.9 Å². The van der Waals surface area contributed by atoms with Gasteiger partial charge in [0, 0.05) is 6.20 Å². The average Bonchev–Trinajstić information content (AvgIpc) is 2.79. The third kappa shape index (κ3) is 7.69. The number of carbonyl (C=O) groups excluding carboxylic acids is 4. The van der Waals surface area contributed by atoms with Crippen molar-refractivity contribution in [3.63, 3.8) is 0 Å². The highest BCUT2D eigenvalue weighted by Crippen LogP contribution is 2.18. The summed E-state index contributed by atoms with van der Waals surface area (Å²) in [6.07, 6.45) is 2.19. The van der Waals surface area contributed by atoms with Crippen molar-refractivity contribution in [3.05, 3.63) is 65.3 Å². The number of rotatable bonds is 12. The first-order valence-corrected chi connectivity index (χ1v) is 9.74. The minimum atomic E-state index is -1.32. The number of hydrogen-bond acceptors (Lipinski definition) is 7. The summed E-state index contributed by atoms with van der Waals surface area (Å²) in [4.78, 5) is 60.2. The van der Waals surface area contributed by atoms with Gasteiger partial charge < -0.3 is 19.4 Å². The van der Waals surface area contributed by atoms with E-state index in [1.54, 1.807) is 0 Å². The molecule has 184 valence electrons. The summed E-state index contributed by atoms with van der Waals surface area (Å²) in [6, 6.07) is 1.51. The lowest BCUT2D eigenvalue weighted by atomic mass is 10.3. The van der Waals surface area contributed by atoms with Gasteiger partial charge in [0.2, 0.25) is 6.41 Å². The number of hydrogen-bond donors (Lipinski definition) is 2. The second kappa shape index (κ2) is 13.3. The molecule has 34 heavy (non-hydrogen) atoms. The van der Waals surface area contributed by atoms with E-state index in [0.29, 0.717) is 11.1 Å². The molecular formula is C21H24F2N4O7. The van der Waals surface area contributed by atoms with Crippen molar-refractivity contribution in [1.29, 1.82) is 0 Å². The molecule has 1 aromatic heterocycles. The van der Waals surface area contributed by atoms with Gasteiger partial charge in [-0.25, -0.2) is 13.8 Å². The molecule has 1 heterocycles. The predicted molar refractivity (Wildman–Crippen MR) is 116 cm³/mol. The van der Waals surface area contributed by atoms with Crippen LogP contribution in [0.3, 0.4) is 0 Å². The normalized spacial score (nSPS) is 11.9. The zero-order valence-electron chi connectivity index (χ0n) is 18.5. The average molecular weight is 482 g/mol. The van der Waals surface area contributed by atoms with Crippen molar-refractivity contribution in [1.82, 2.24) is 15.0 Å². The standard InChI is InChI=1S/C21H24F2N4O7/c1-5-15(23)19(13(3)22)34-11-17(29)27(10-18(30)33-6-2)25-20(31)14(4)26-9-7-8-16(21(26)32)24-12-28/h5,7-9,12,14H,1,3,6,10-11H2,2,4H3,(H,24,28)(H,25,31)/b19-15-. The van der Waals surface area contributed by atoms with Crippen LogP contribution in [0.5, 0.6) is 0 Å². The molecule has 1 unspecified atom stereocenters. The number of nitrogens with one attached hydrogen (secondary N) is 2. The van der Waals surface area contributed by atoms with Crippen LogP contribution in [0.1, 0.15) is 19.9 Å². The van der Waals surface area contributed by atoms with Crippen LogP contribution >= 0.6 is 0 Å². The fraction of sp³-hybridized carbons (Fsp3) is 0.286. The number of aromatic nitrogens is 1. The Morgan fingerprint density at radius 2 is 1.97 bits per heavy atom. The molecule has 0 radical (unpaired) electrons. The topological polar surface area (TPSA) is 136 Å². The van der Waals surface area contributed by atoms with Gasteiger partial charge in [-0.1, -0.05) is 13.2 Å². The van der Waals surface area contributed by atoms with Crippen LogP contribution in [0, 0.1) is 0 Å². The zero-order valence-corrected chi connectivity index (χ0v) is 18.5. The molecular weight excluding hydrogens is 458 g/mol. The molecule has 0 saturated carbocycles. The second-order valence-corrected chi connectivity index (χ2v) is 6.41. The van der Waals surface area contributed by atoms with Crippen LogP contribution < -0.4 is 16.3 Å². The van der Waals surface area contributed by atoms with Crippen molar-refractivity contribution >= 4 is 29.9 Å². The van der Waals surface area contributed by atoms with Gasteiger partial charge in [0.15, 0.2) is 24.0 Å². The number of hydrazine groups is 1. The van der Waals surface area contributed by atoms with Gasteiger partial charge in [0.05, 0.1) is 6.61 Å². The first kappa shape index (κ1) is 27.7. The van der Waals surface area contributed by atoms with Gasteiger partial charge in [0.25, 0.3) is 17.4 Å². The van der Waals surface area contributed by atoms with E-state index in [1.807, 2.05) is 0 Å². The summed E-state index contributed by atoms with van der Waals surface area (Å²) in [7, 11) is 0. The lowest BCUT2D eigenvalue weighted by Crippen LogP contribution is -2.52. The summed E-state index contributed by atoms with van der Waals surface area (Å²) in [5.74, 6) is -6.41.